The summed E-state index contributed by atoms with van der Waals surface area (Å²) in [6, 6.07) is 13.0. The molecule has 0 bridgehead atoms. The Morgan fingerprint density at radius 1 is 1.17 bits per heavy atom. The number of nitro benzene ring substituents is 1. The minimum atomic E-state index is -0.365. The summed E-state index contributed by atoms with van der Waals surface area (Å²) < 4.78 is 0. The summed E-state index contributed by atoms with van der Waals surface area (Å²) in [4.78, 5) is 10.5. The van der Waals surface area contributed by atoms with Gasteiger partial charge in [-0.3, -0.25) is 10.1 Å². The summed E-state index contributed by atoms with van der Waals surface area (Å²) in [5.74, 6) is 0.751. The molecule has 2 aromatic carbocycles. The smallest absolute Gasteiger partial charge is 0.269 e. The molecule has 1 heterocycles. The zero-order valence-corrected chi connectivity index (χ0v) is 12.5. The Balaban J connectivity index is 1.73. The predicted molar refractivity (Wildman–Crippen MR) is 90.3 cm³/mol. The van der Waals surface area contributed by atoms with Crippen molar-refractivity contribution in [3.8, 4) is 0 Å². The molecule has 0 amide bonds. The number of rotatable bonds is 2. The van der Waals surface area contributed by atoms with Gasteiger partial charge < -0.3 is 11.1 Å². The lowest BCUT2D eigenvalue weighted by atomic mass is 9.77. The van der Waals surface area contributed by atoms with Gasteiger partial charge in [-0.25, -0.2) is 0 Å². The number of benzene rings is 2. The molecule has 0 unspecified atom stereocenters. The van der Waals surface area contributed by atoms with Crippen LogP contribution in [0.2, 0.25) is 0 Å². The van der Waals surface area contributed by atoms with Gasteiger partial charge in [-0.1, -0.05) is 24.3 Å². The molecule has 1 aliphatic carbocycles. The first kappa shape index (κ1) is 13.8. The second-order valence-corrected chi connectivity index (χ2v) is 6.17. The van der Waals surface area contributed by atoms with Crippen LogP contribution in [0.15, 0.2) is 54.6 Å². The molecule has 0 saturated carbocycles. The minimum Gasteiger partial charge on any atom is -0.399 e. The summed E-state index contributed by atoms with van der Waals surface area (Å²) >= 11 is 0. The van der Waals surface area contributed by atoms with E-state index in [1.165, 1.54) is 5.56 Å². The van der Waals surface area contributed by atoms with Gasteiger partial charge in [0.1, 0.15) is 0 Å². The van der Waals surface area contributed by atoms with Crippen molar-refractivity contribution in [3.05, 3.63) is 75.9 Å². The van der Waals surface area contributed by atoms with Crippen LogP contribution < -0.4 is 11.1 Å². The number of nitrogen functional groups attached to an aromatic ring is 1. The van der Waals surface area contributed by atoms with E-state index in [9.17, 15) is 10.1 Å². The summed E-state index contributed by atoms with van der Waals surface area (Å²) in [5, 5.41) is 14.4. The standard InChI is InChI=1S/C18H17N3O2/c19-12-6-9-17-16(10-12)14-2-1-3-15(14)18(20-17)11-4-7-13(8-5-11)21(22)23/h1-2,4-10,14-15,18,20H,3,19H2/t14-,15+,18-/m0/s1. The quantitative estimate of drug-likeness (QED) is 0.380. The predicted octanol–water partition coefficient (Wildman–Crippen LogP) is 4.00. The molecule has 0 spiro atoms. The number of nitro groups is 1. The molecule has 116 valence electrons. The van der Waals surface area contributed by atoms with E-state index in [-0.39, 0.29) is 16.7 Å². The largest absolute Gasteiger partial charge is 0.399 e. The monoisotopic (exact) mass is 307 g/mol. The number of anilines is 2. The van der Waals surface area contributed by atoms with E-state index in [0.717, 1.165) is 23.4 Å². The highest BCUT2D eigenvalue weighted by molar-refractivity contribution is 5.64. The molecule has 2 aromatic rings. The Morgan fingerprint density at radius 3 is 2.70 bits per heavy atom. The molecular formula is C18H17N3O2. The van der Waals surface area contributed by atoms with Gasteiger partial charge in [-0.2, -0.15) is 0 Å². The van der Waals surface area contributed by atoms with Crippen molar-refractivity contribution >= 4 is 17.1 Å². The molecule has 5 heteroatoms. The van der Waals surface area contributed by atoms with Gasteiger partial charge in [0.15, 0.2) is 0 Å². The molecule has 2 aliphatic rings. The molecule has 3 N–H and O–H groups in total. The normalized spacial score (nSPS) is 24.6. The van der Waals surface area contributed by atoms with Crippen molar-refractivity contribution < 1.29 is 4.92 Å². The van der Waals surface area contributed by atoms with Crippen LogP contribution in [0.4, 0.5) is 17.1 Å². The third-order valence-electron chi connectivity index (χ3n) is 4.85. The Hall–Kier alpha value is -2.82. The van der Waals surface area contributed by atoms with Crippen molar-refractivity contribution in [3.63, 3.8) is 0 Å². The van der Waals surface area contributed by atoms with E-state index in [4.69, 9.17) is 5.73 Å². The average Bonchev–Trinajstić information content (AvgIpc) is 3.04. The molecule has 4 rings (SSSR count). The maximum atomic E-state index is 10.8. The second-order valence-electron chi connectivity index (χ2n) is 6.17. The van der Waals surface area contributed by atoms with Gasteiger partial charge in [0.2, 0.25) is 0 Å². The van der Waals surface area contributed by atoms with E-state index in [1.807, 2.05) is 30.3 Å². The maximum Gasteiger partial charge on any atom is 0.269 e. The van der Waals surface area contributed by atoms with E-state index in [1.54, 1.807) is 12.1 Å². The number of allylic oxidation sites excluding steroid dienone is 2. The fourth-order valence-electron chi connectivity index (χ4n) is 3.75. The highest BCUT2D eigenvalue weighted by atomic mass is 16.6. The molecule has 5 nitrogen and oxygen atoms in total. The summed E-state index contributed by atoms with van der Waals surface area (Å²) in [5.41, 5.74) is 10.3. The van der Waals surface area contributed by atoms with Crippen LogP contribution in [0.3, 0.4) is 0 Å². The van der Waals surface area contributed by atoms with Crippen LogP contribution in [0, 0.1) is 16.0 Å². The molecule has 23 heavy (non-hydrogen) atoms. The molecular weight excluding hydrogens is 290 g/mol. The number of nitrogens with one attached hydrogen (secondary N) is 1. The third-order valence-corrected chi connectivity index (χ3v) is 4.85. The summed E-state index contributed by atoms with van der Waals surface area (Å²) in [6.07, 6.45) is 5.46. The summed E-state index contributed by atoms with van der Waals surface area (Å²) in [6.45, 7) is 0. The highest BCUT2D eigenvalue weighted by Crippen LogP contribution is 2.50. The van der Waals surface area contributed by atoms with Crippen LogP contribution >= 0.6 is 0 Å². The van der Waals surface area contributed by atoms with E-state index >= 15 is 0 Å². The van der Waals surface area contributed by atoms with E-state index in [2.05, 4.69) is 17.5 Å². The fourth-order valence-corrected chi connectivity index (χ4v) is 3.75. The minimum absolute atomic E-state index is 0.124. The van der Waals surface area contributed by atoms with Crippen molar-refractivity contribution in [1.82, 2.24) is 0 Å². The first-order chi connectivity index (χ1) is 11.1. The molecule has 1 aliphatic heterocycles. The maximum absolute atomic E-state index is 10.8. The number of fused-ring (bicyclic) bond motifs is 3. The second kappa shape index (κ2) is 5.12. The Morgan fingerprint density at radius 2 is 1.96 bits per heavy atom. The van der Waals surface area contributed by atoms with E-state index < -0.39 is 0 Å². The Labute approximate surface area is 134 Å². The molecule has 0 fully saturated rings. The van der Waals surface area contributed by atoms with Crippen LogP contribution in [0.25, 0.3) is 0 Å². The van der Waals surface area contributed by atoms with Crippen molar-refractivity contribution in [2.75, 3.05) is 11.1 Å². The lowest BCUT2D eigenvalue weighted by Gasteiger charge is -2.37. The number of hydrogen-bond donors (Lipinski definition) is 2. The van der Waals surface area contributed by atoms with Crippen LogP contribution in [0.1, 0.15) is 29.5 Å². The number of hydrogen-bond acceptors (Lipinski definition) is 4. The molecule has 3 atom stereocenters. The van der Waals surface area contributed by atoms with Gasteiger partial charge in [0.25, 0.3) is 5.69 Å². The van der Waals surface area contributed by atoms with E-state index in [0.29, 0.717) is 11.8 Å². The Kier molecular flexibility index (Phi) is 3.08. The number of nitrogens with zero attached hydrogens (tertiary/aromatic N) is 1. The highest BCUT2D eigenvalue weighted by Gasteiger charge is 2.37. The van der Waals surface area contributed by atoms with Gasteiger partial charge in [-0.05, 0) is 41.7 Å². The molecule has 0 aromatic heterocycles. The number of nitrogens with two attached hydrogens (primary N) is 1. The lowest BCUT2D eigenvalue weighted by molar-refractivity contribution is -0.384. The van der Waals surface area contributed by atoms with Gasteiger partial charge in [0, 0.05) is 29.4 Å². The lowest BCUT2D eigenvalue weighted by Crippen LogP contribution is -2.29. The molecule has 0 saturated heterocycles. The summed E-state index contributed by atoms with van der Waals surface area (Å²) in [7, 11) is 0. The van der Waals surface area contributed by atoms with Crippen LogP contribution in [-0.2, 0) is 0 Å². The first-order valence-corrected chi connectivity index (χ1v) is 7.70. The van der Waals surface area contributed by atoms with Crippen molar-refractivity contribution in [2.45, 2.75) is 18.4 Å². The Bertz CT molecular complexity index is 798. The fraction of sp³-hybridized carbons (Fsp3) is 0.222. The van der Waals surface area contributed by atoms with Gasteiger partial charge in [0.05, 0.1) is 11.0 Å². The topological polar surface area (TPSA) is 81.2 Å². The molecule has 0 radical (unpaired) electrons. The SMILES string of the molecule is Nc1ccc2c(c1)[C@H]1C=CC[C@H]1[C@H](c1ccc([N+](=O)[O-])cc1)N2. The van der Waals surface area contributed by atoms with Crippen molar-refractivity contribution in [2.24, 2.45) is 5.92 Å². The van der Waals surface area contributed by atoms with Crippen LogP contribution in [0.5, 0.6) is 0 Å². The van der Waals surface area contributed by atoms with Crippen molar-refractivity contribution in [1.29, 1.82) is 0 Å². The zero-order chi connectivity index (χ0) is 16.0. The van der Waals surface area contributed by atoms with Gasteiger partial charge in [-0.15, -0.1) is 0 Å². The van der Waals surface area contributed by atoms with Gasteiger partial charge >= 0.3 is 0 Å². The number of non-ortho nitro benzene ring substituents is 1. The first-order valence-electron chi connectivity index (χ1n) is 7.70. The average molecular weight is 307 g/mol. The zero-order valence-electron chi connectivity index (χ0n) is 12.5. The third kappa shape index (κ3) is 2.25. The van der Waals surface area contributed by atoms with Crippen LogP contribution in [-0.4, -0.2) is 4.92 Å².